The summed E-state index contributed by atoms with van der Waals surface area (Å²) < 4.78 is 15.7. The molecule has 0 amide bonds. The highest BCUT2D eigenvalue weighted by atomic mass is 32.2. The van der Waals surface area contributed by atoms with Crippen molar-refractivity contribution in [3.05, 3.63) is 0 Å². The molecule has 1 aliphatic carbocycles. The van der Waals surface area contributed by atoms with Crippen LogP contribution in [0.2, 0.25) is 0 Å². The molecule has 0 aromatic heterocycles. The molecule has 0 spiro atoms. The minimum absolute atomic E-state index is 0.228. The highest BCUT2D eigenvalue weighted by Crippen LogP contribution is 2.34. The van der Waals surface area contributed by atoms with Crippen molar-refractivity contribution in [3.63, 3.8) is 0 Å². The van der Waals surface area contributed by atoms with Crippen LogP contribution in [-0.4, -0.2) is 15.5 Å². The second kappa shape index (κ2) is 5.35. The minimum Gasteiger partial charge on any atom is -0.591 e. The summed E-state index contributed by atoms with van der Waals surface area (Å²) in [4.78, 5) is 0. The van der Waals surface area contributed by atoms with Gasteiger partial charge in [-0.05, 0) is 46.0 Å². The van der Waals surface area contributed by atoms with Crippen molar-refractivity contribution < 1.29 is 4.55 Å². The first-order chi connectivity index (χ1) is 6.95. The molecule has 0 aromatic rings. The van der Waals surface area contributed by atoms with Crippen LogP contribution in [0.4, 0.5) is 0 Å². The molecule has 2 atom stereocenters. The van der Waals surface area contributed by atoms with Crippen molar-refractivity contribution in [2.24, 2.45) is 16.2 Å². The van der Waals surface area contributed by atoms with E-state index in [4.69, 9.17) is 0 Å². The molecule has 2 nitrogen and oxygen atoms in total. The molecule has 1 unspecified atom stereocenters. The van der Waals surface area contributed by atoms with Crippen LogP contribution in [-0.2, 0) is 11.4 Å². The molecule has 3 heteroatoms. The zero-order valence-electron chi connectivity index (χ0n) is 10.3. The summed E-state index contributed by atoms with van der Waals surface area (Å²) in [5.41, 5.74) is 0. The van der Waals surface area contributed by atoms with Gasteiger partial charge in [0.05, 0.1) is 6.21 Å². The van der Waals surface area contributed by atoms with Gasteiger partial charge < -0.3 is 4.55 Å². The van der Waals surface area contributed by atoms with Crippen LogP contribution in [0.15, 0.2) is 4.40 Å². The van der Waals surface area contributed by atoms with E-state index in [-0.39, 0.29) is 4.75 Å². The Kier molecular flexibility index (Phi) is 4.65. The van der Waals surface area contributed by atoms with Crippen LogP contribution in [0.3, 0.4) is 0 Å². The van der Waals surface area contributed by atoms with E-state index in [9.17, 15) is 4.55 Å². The van der Waals surface area contributed by atoms with Gasteiger partial charge in [-0.15, -0.1) is 0 Å². The highest BCUT2D eigenvalue weighted by Gasteiger charge is 2.28. The fourth-order valence-electron chi connectivity index (χ4n) is 1.72. The summed E-state index contributed by atoms with van der Waals surface area (Å²) in [6.07, 6.45) is 7.08. The third kappa shape index (κ3) is 3.80. The molecular formula is C12H23NOS. The molecule has 0 aromatic carbocycles. The van der Waals surface area contributed by atoms with Gasteiger partial charge in [-0.25, -0.2) is 0 Å². The maximum absolute atomic E-state index is 11.7. The van der Waals surface area contributed by atoms with Gasteiger partial charge in [0.1, 0.15) is 16.1 Å². The van der Waals surface area contributed by atoms with Crippen molar-refractivity contribution in [1.82, 2.24) is 0 Å². The van der Waals surface area contributed by atoms with E-state index in [1.807, 2.05) is 27.0 Å². The zero-order valence-corrected chi connectivity index (χ0v) is 11.1. The predicted molar refractivity (Wildman–Crippen MR) is 67.5 cm³/mol. The highest BCUT2D eigenvalue weighted by molar-refractivity contribution is 7.91. The number of hydrogen-bond donors (Lipinski definition) is 0. The van der Waals surface area contributed by atoms with E-state index in [0.717, 1.165) is 12.3 Å². The Morgan fingerprint density at radius 3 is 2.40 bits per heavy atom. The van der Waals surface area contributed by atoms with Gasteiger partial charge in [-0.1, -0.05) is 17.7 Å². The first kappa shape index (κ1) is 13.0. The lowest BCUT2D eigenvalue weighted by Gasteiger charge is -2.30. The quantitative estimate of drug-likeness (QED) is 0.538. The van der Waals surface area contributed by atoms with Crippen LogP contribution in [0, 0.1) is 11.8 Å². The summed E-state index contributed by atoms with van der Waals surface area (Å²) in [5, 5.41) is 0. The Balaban J connectivity index is 2.46. The summed E-state index contributed by atoms with van der Waals surface area (Å²) in [7, 11) is 0. The van der Waals surface area contributed by atoms with Gasteiger partial charge in [0.25, 0.3) is 0 Å². The number of rotatable bonds is 4. The number of hydrogen-bond acceptors (Lipinski definition) is 2. The molecule has 0 N–H and O–H groups in total. The van der Waals surface area contributed by atoms with Crippen molar-refractivity contribution in [2.45, 2.75) is 58.1 Å². The molecule has 0 saturated heterocycles. The van der Waals surface area contributed by atoms with E-state index in [1.165, 1.54) is 19.3 Å². The molecule has 1 saturated carbocycles. The Morgan fingerprint density at radius 2 is 2.07 bits per heavy atom. The van der Waals surface area contributed by atoms with Crippen molar-refractivity contribution in [2.75, 3.05) is 0 Å². The van der Waals surface area contributed by atoms with E-state index in [0.29, 0.717) is 5.92 Å². The van der Waals surface area contributed by atoms with Gasteiger partial charge in [0.15, 0.2) is 0 Å². The minimum atomic E-state index is -1.08. The molecule has 1 rings (SSSR count). The molecule has 88 valence electrons. The smallest absolute Gasteiger partial charge is 0.144 e. The molecule has 0 radical (unpaired) electrons. The molecule has 15 heavy (non-hydrogen) atoms. The predicted octanol–water partition coefficient (Wildman–Crippen LogP) is 3.35. The van der Waals surface area contributed by atoms with E-state index in [1.54, 1.807) is 0 Å². The zero-order chi connectivity index (χ0) is 11.5. The fourth-order valence-corrected chi connectivity index (χ4v) is 2.30. The third-order valence-corrected chi connectivity index (χ3v) is 4.46. The Morgan fingerprint density at radius 1 is 1.47 bits per heavy atom. The topological polar surface area (TPSA) is 35.4 Å². The fraction of sp³-hybridized carbons (Fsp3) is 0.917. The summed E-state index contributed by atoms with van der Waals surface area (Å²) in [6, 6.07) is 0. The largest absolute Gasteiger partial charge is 0.591 e. The normalized spacial score (nSPS) is 22.7. The van der Waals surface area contributed by atoms with Gasteiger partial charge in [-0.2, -0.15) is 0 Å². The molecule has 0 heterocycles. The first-order valence-electron chi connectivity index (χ1n) is 5.91. The number of nitrogens with zero attached hydrogens (tertiary/aromatic N) is 1. The van der Waals surface area contributed by atoms with Gasteiger partial charge in [0, 0.05) is 5.92 Å². The third-order valence-electron chi connectivity index (χ3n) is 3.10. The van der Waals surface area contributed by atoms with Crippen molar-refractivity contribution >= 4 is 17.6 Å². The SMILES string of the molecule is CCC(/C=N/[S@@+]([O-])C(C)(C)C)C1CCC1. The van der Waals surface area contributed by atoms with Crippen molar-refractivity contribution in [1.29, 1.82) is 0 Å². The van der Waals surface area contributed by atoms with E-state index < -0.39 is 11.4 Å². The summed E-state index contributed by atoms with van der Waals surface area (Å²) >= 11 is -1.08. The van der Waals surface area contributed by atoms with Gasteiger partial charge in [0.2, 0.25) is 0 Å². The standard InChI is InChI=1S/C12H23NOS/c1-5-10(11-7-6-8-11)9-13-15(14)12(2,3)4/h9-11H,5-8H2,1-4H3/b13-9+/t10?,15-/m0/s1. The Hall–Kier alpha value is -0.0200. The van der Waals surface area contributed by atoms with Crippen LogP contribution in [0.1, 0.15) is 53.4 Å². The lowest BCUT2D eigenvalue weighted by Crippen LogP contribution is -2.28. The van der Waals surface area contributed by atoms with Crippen LogP contribution >= 0.6 is 0 Å². The maximum atomic E-state index is 11.7. The maximum Gasteiger partial charge on any atom is 0.144 e. The molecule has 1 aliphatic rings. The van der Waals surface area contributed by atoms with Crippen molar-refractivity contribution in [3.8, 4) is 0 Å². The van der Waals surface area contributed by atoms with Gasteiger partial charge in [-0.3, -0.25) is 0 Å². The van der Waals surface area contributed by atoms with Gasteiger partial charge >= 0.3 is 0 Å². The van der Waals surface area contributed by atoms with E-state index in [2.05, 4.69) is 11.3 Å². The lowest BCUT2D eigenvalue weighted by molar-refractivity contribution is 0.254. The monoisotopic (exact) mass is 229 g/mol. The average Bonchev–Trinajstić information content (AvgIpc) is 2.06. The second-order valence-corrected chi connectivity index (χ2v) is 7.31. The van der Waals surface area contributed by atoms with Crippen LogP contribution in [0.5, 0.6) is 0 Å². The average molecular weight is 229 g/mol. The summed E-state index contributed by atoms with van der Waals surface area (Å²) in [6.45, 7) is 8.08. The summed E-state index contributed by atoms with van der Waals surface area (Å²) in [5.74, 6) is 1.35. The second-order valence-electron chi connectivity index (χ2n) is 5.38. The lowest BCUT2D eigenvalue weighted by atomic mass is 9.75. The van der Waals surface area contributed by atoms with E-state index >= 15 is 0 Å². The first-order valence-corrected chi connectivity index (χ1v) is 7.02. The Bertz CT molecular complexity index is 218. The molecule has 1 fully saturated rings. The Labute approximate surface area is 96.9 Å². The molecular weight excluding hydrogens is 206 g/mol. The van der Waals surface area contributed by atoms with Crippen LogP contribution < -0.4 is 0 Å². The molecule has 0 bridgehead atoms. The van der Waals surface area contributed by atoms with Crippen LogP contribution in [0.25, 0.3) is 0 Å². The molecule has 0 aliphatic heterocycles.